The lowest BCUT2D eigenvalue weighted by Gasteiger charge is -2.23. The van der Waals surface area contributed by atoms with Gasteiger partial charge >= 0.3 is 0 Å². The molecule has 78 valence electrons. The van der Waals surface area contributed by atoms with Crippen molar-refractivity contribution in [2.24, 2.45) is 0 Å². The molecule has 2 heterocycles. The van der Waals surface area contributed by atoms with E-state index in [1.165, 1.54) is 30.6 Å². The minimum atomic E-state index is 0.681. The lowest BCUT2D eigenvalue weighted by molar-refractivity contribution is 0.400. The van der Waals surface area contributed by atoms with Crippen LogP contribution in [-0.2, 0) is 0 Å². The van der Waals surface area contributed by atoms with E-state index in [1.54, 1.807) is 0 Å². The fraction of sp³-hybridized carbons (Fsp3) is 0.417. The van der Waals surface area contributed by atoms with Crippen molar-refractivity contribution in [3.63, 3.8) is 0 Å². The Hall–Kier alpha value is -0.830. The standard InChI is InChI=1S/C12H13BrN2/c1-8-11-10(13)6-3-7-15(11)12(14-8)9-4-2-5-9/h3,6-7,9H,2,4-5H2,1H3. The maximum absolute atomic E-state index is 4.71. The number of hydrogen-bond donors (Lipinski definition) is 0. The van der Waals surface area contributed by atoms with Crippen molar-refractivity contribution in [3.05, 3.63) is 34.3 Å². The molecule has 3 heteroatoms. The van der Waals surface area contributed by atoms with Crippen molar-refractivity contribution in [1.82, 2.24) is 9.38 Å². The van der Waals surface area contributed by atoms with Gasteiger partial charge < -0.3 is 4.40 Å². The van der Waals surface area contributed by atoms with E-state index in [0.29, 0.717) is 5.92 Å². The predicted octanol–water partition coefficient (Wildman–Crippen LogP) is 3.67. The van der Waals surface area contributed by atoms with Crippen LogP contribution >= 0.6 is 15.9 Å². The zero-order chi connectivity index (χ0) is 10.4. The molecule has 1 aliphatic rings. The fourth-order valence-corrected chi connectivity index (χ4v) is 2.88. The Balaban J connectivity index is 2.27. The summed E-state index contributed by atoms with van der Waals surface area (Å²) in [4.78, 5) is 4.71. The van der Waals surface area contributed by atoms with Crippen LogP contribution in [0.15, 0.2) is 22.8 Å². The monoisotopic (exact) mass is 264 g/mol. The van der Waals surface area contributed by atoms with Gasteiger partial charge in [0.25, 0.3) is 0 Å². The molecule has 0 atom stereocenters. The molecule has 1 fully saturated rings. The maximum Gasteiger partial charge on any atom is 0.116 e. The molecule has 0 aromatic carbocycles. The summed E-state index contributed by atoms with van der Waals surface area (Å²) in [7, 11) is 0. The summed E-state index contributed by atoms with van der Waals surface area (Å²) in [6.45, 7) is 2.09. The highest BCUT2D eigenvalue weighted by atomic mass is 79.9. The first-order valence-corrected chi connectivity index (χ1v) is 6.20. The fourth-order valence-electron chi connectivity index (χ4n) is 2.25. The Morgan fingerprint density at radius 1 is 1.47 bits per heavy atom. The summed E-state index contributed by atoms with van der Waals surface area (Å²) in [6.07, 6.45) is 6.07. The van der Waals surface area contributed by atoms with Gasteiger partial charge in [-0.3, -0.25) is 0 Å². The Morgan fingerprint density at radius 3 is 2.93 bits per heavy atom. The number of rotatable bonds is 1. The van der Waals surface area contributed by atoms with Crippen LogP contribution in [0.1, 0.15) is 36.7 Å². The lowest BCUT2D eigenvalue weighted by atomic mass is 9.85. The van der Waals surface area contributed by atoms with Gasteiger partial charge in [-0.05, 0) is 47.8 Å². The third-order valence-corrected chi connectivity index (χ3v) is 3.93. The molecule has 3 rings (SSSR count). The van der Waals surface area contributed by atoms with Gasteiger partial charge in [0, 0.05) is 16.6 Å². The summed E-state index contributed by atoms with van der Waals surface area (Å²) in [5.74, 6) is 1.93. The van der Waals surface area contributed by atoms with E-state index in [0.717, 1.165) is 10.2 Å². The van der Waals surface area contributed by atoms with Crippen LogP contribution in [0.25, 0.3) is 5.52 Å². The summed E-state index contributed by atoms with van der Waals surface area (Å²) in [5.41, 5.74) is 2.35. The van der Waals surface area contributed by atoms with Gasteiger partial charge in [-0.15, -0.1) is 0 Å². The summed E-state index contributed by atoms with van der Waals surface area (Å²) < 4.78 is 3.38. The molecule has 0 bridgehead atoms. The minimum absolute atomic E-state index is 0.681. The van der Waals surface area contributed by atoms with Crippen LogP contribution in [0.3, 0.4) is 0 Å². The smallest absolute Gasteiger partial charge is 0.116 e. The number of aryl methyl sites for hydroxylation is 1. The molecule has 1 saturated carbocycles. The minimum Gasteiger partial charge on any atom is -0.302 e. The molecular weight excluding hydrogens is 252 g/mol. The Labute approximate surface area is 97.5 Å². The number of hydrogen-bond acceptors (Lipinski definition) is 1. The first kappa shape index (κ1) is 9.40. The number of halogens is 1. The first-order chi connectivity index (χ1) is 7.27. The first-order valence-electron chi connectivity index (χ1n) is 5.40. The van der Waals surface area contributed by atoms with Crippen molar-refractivity contribution in [2.45, 2.75) is 32.1 Å². The van der Waals surface area contributed by atoms with Crippen LogP contribution < -0.4 is 0 Å². The van der Waals surface area contributed by atoms with Crippen LogP contribution in [0, 0.1) is 6.92 Å². The van der Waals surface area contributed by atoms with Crippen molar-refractivity contribution >= 4 is 21.4 Å². The average molecular weight is 265 g/mol. The Morgan fingerprint density at radius 2 is 2.27 bits per heavy atom. The van der Waals surface area contributed by atoms with Gasteiger partial charge in [0.15, 0.2) is 0 Å². The highest BCUT2D eigenvalue weighted by molar-refractivity contribution is 9.10. The zero-order valence-corrected chi connectivity index (χ0v) is 10.3. The van der Waals surface area contributed by atoms with Gasteiger partial charge in [0.05, 0.1) is 11.2 Å². The third-order valence-electron chi connectivity index (χ3n) is 3.29. The molecule has 0 radical (unpaired) electrons. The van der Waals surface area contributed by atoms with E-state index in [4.69, 9.17) is 4.98 Å². The Kier molecular flexibility index (Phi) is 2.09. The molecule has 2 nitrogen and oxygen atoms in total. The highest BCUT2D eigenvalue weighted by Gasteiger charge is 2.24. The van der Waals surface area contributed by atoms with Crippen LogP contribution in [-0.4, -0.2) is 9.38 Å². The van der Waals surface area contributed by atoms with Crippen LogP contribution in [0.5, 0.6) is 0 Å². The molecule has 0 unspecified atom stereocenters. The maximum atomic E-state index is 4.71. The van der Waals surface area contributed by atoms with Gasteiger partial charge in [0.2, 0.25) is 0 Å². The summed E-state index contributed by atoms with van der Waals surface area (Å²) >= 11 is 3.59. The number of fused-ring (bicyclic) bond motifs is 1. The zero-order valence-electron chi connectivity index (χ0n) is 8.70. The SMILES string of the molecule is Cc1nc(C2CCC2)n2cccc(Br)c12. The number of imidazole rings is 1. The second-order valence-electron chi connectivity index (χ2n) is 4.26. The predicted molar refractivity (Wildman–Crippen MR) is 64.2 cm³/mol. The molecule has 2 aromatic heterocycles. The topological polar surface area (TPSA) is 17.3 Å². The second-order valence-corrected chi connectivity index (χ2v) is 5.11. The van der Waals surface area contributed by atoms with Crippen molar-refractivity contribution in [3.8, 4) is 0 Å². The van der Waals surface area contributed by atoms with Crippen molar-refractivity contribution in [2.75, 3.05) is 0 Å². The molecular formula is C12H13BrN2. The van der Waals surface area contributed by atoms with Gasteiger partial charge in [-0.1, -0.05) is 6.42 Å². The van der Waals surface area contributed by atoms with E-state index in [9.17, 15) is 0 Å². The third kappa shape index (κ3) is 1.33. The number of nitrogens with zero attached hydrogens (tertiary/aromatic N) is 2. The summed E-state index contributed by atoms with van der Waals surface area (Å²) in [6, 6.07) is 4.15. The molecule has 0 saturated heterocycles. The van der Waals surface area contributed by atoms with E-state index in [1.807, 2.05) is 0 Å². The highest BCUT2D eigenvalue weighted by Crippen LogP contribution is 2.37. The normalized spacial score (nSPS) is 16.9. The van der Waals surface area contributed by atoms with E-state index >= 15 is 0 Å². The van der Waals surface area contributed by atoms with Gasteiger partial charge in [-0.25, -0.2) is 4.98 Å². The lowest BCUT2D eigenvalue weighted by Crippen LogP contribution is -2.12. The number of aromatic nitrogens is 2. The summed E-state index contributed by atoms with van der Waals surface area (Å²) in [5, 5.41) is 0. The van der Waals surface area contributed by atoms with E-state index in [-0.39, 0.29) is 0 Å². The van der Waals surface area contributed by atoms with E-state index < -0.39 is 0 Å². The largest absolute Gasteiger partial charge is 0.302 e. The second kappa shape index (κ2) is 3.34. The molecule has 15 heavy (non-hydrogen) atoms. The molecule has 2 aromatic rings. The quantitative estimate of drug-likeness (QED) is 0.769. The van der Waals surface area contributed by atoms with Gasteiger partial charge in [-0.2, -0.15) is 0 Å². The van der Waals surface area contributed by atoms with E-state index in [2.05, 4.69) is 45.6 Å². The molecule has 0 spiro atoms. The Bertz CT molecular complexity index is 512. The van der Waals surface area contributed by atoms with Gasteiger partial charge in [0.1, 0.15) is 5.82 Å². The average Bonchev–Trinajstić information content (AvgIpc) is 2.43. The number of pyridine rings is 1. The molecule has 0 aliphatic heterocycles. The van der Waals surface area contributed by atoms with Crippen molar-refractivity contribution in [1.29, 1.82) is 0 Å². The molecule has 0 N–H and O–H groups in total. The van der Waals surface area contributed by atoms with Crippen molar-refractivity contribution < 1.29 is 0 Å². The van der Waals surface area contributed by atoms with Crippen LogP contribution in [0.2, 0.25) is 0 Å². The molecule has 0 amide bonds. The van der Waals surface area contributed by atoms with Crippen LogP contribution in [0.4, 0.5) is 0 Å². The molecule has 1 aliphatic carbocycles.